The van der Waals surface area contributed by atoms with Gasteiger partial charge in [0.05, 0.1) is 27.6 Å². The number of esters is 3. The first-order valence-corrected chi connectivity index (χ1v) is 7.23. The molecule has 3 N–H and O–H groups in total. The Hall–Kier alpha value is -2.16. The van der Waals surface area contributed by atoms with Crippen molar-refractivity contribution in [1.29, 1.82) is 5.41 Å². The van der Waals surface area contributed by atoms with Crippen LogP contribution < -0.4 is 5.73 Å². The van der Waals surface area contributed by atoms with Gasteiger partial charge in [0, 0.05) is 13.5 Å². The van der Waals surface area contributed by atoms with Crippen LogP contribution in [0.2, 0.25) is 0 Å². The number of nitrogens with two attached hydrogens (primary N) is 1. The minimum absolute atomic E-state index is 0.199. The molecule has 23 heavy (non-hydrogen) atoms. The smallest absolute Gasteiger partial charge is 0.333 e. The van der Waals surface area contributed by atoms with Gasteiger partial charge in [-0.1, -0.05) is 6.92 Å². The Balaban J connectivity index is 4.60. The molecule has 0 unspecified atom stereocenters. The highest BCUT2D eigenvalue weighted by atomic mass is 16.6. The molecular weight excluding hydrogens is 304 g/mol. The van der Waals surface area contributed by atoms with Gasteiger partial charge in [0.2, 0.25) is 0 Å². The van der Waals surface area contributed by atoms with Crippen molar-refractivity contribution in [2.75, 3.05) is 41.3 Å². The standard InChI is InChI=1S/C14H27N4O5/c1-6-11(19)22-10(9-18(3,4)5)7-12(20)23-13(21)8-17(2)14(15)16/h10H,6-9H2,1-5H3,(H3,15,16)/q+1/t10-/m1/s1. The van der Waals surface area contributed by atoms with Crippen LogP contribution in [0, 0.1) is 5.41 Å². The zero-order valence-corrected chi connectivity index (χ0v) is 14.4. The van der Waals surface area contributed by atoms with E-state index in [1.54, 1.807) is 6.92 Å². The van der Waals surface area contributed by atoms with Gasteiger partial charge in [0.25, 0.3) is 0 Å². The highest BCUT2D eigenvalue weighted by molar-refractivity contribution is 5.89. The van der Waals surface area contributed by atoms with E-state index in [-0.39, 0.29) is 25.3 Å². The molecule has 0 aromatic carbocycles. The molecule has 0 bridgehead atoms. The molecule has 0 spiro atoms. The lowest BCUT2D eigenvalue weighted by Gasteiger charge is -2.28. The van der Waals surface area contributed by atoms with Gasteiger partial charge in [-0.2, -0.15) is 0 Å². The van der Waals surface area contributed by atoms with E-state index < -0.39 is 24.0 Å². The number of carbonyl (C=O) groups is 3. The van der Waals surface area contributed by atoms with E-state index in [2.05, 4.69) is 4.74 Å². The summed E-state index contributed by atoms with van der Waals surface area (Å²) < 4.78 is 10.4. The van der Waals surface area contributed by atoms with Crippen LogP contribution in [-0.2, 0) is 23.9 Å². The minimum atomic E-state index is -0.821. The zero-order valence-electron chi connectivity index (χ0n) is 14.4. The maximum absolute atomic E-state index is 11.8. The molecule has 0 aliphatic rings. The summed E-state index contributed by atoms with van der Waals surface area (Å²) in [7, 11) is 7.11. The summed E-state index contributed by atoms with van der Waals surface area (Å²) in [6, 6.07) is 0. The fraction of sp³-hybridized carbons (Fsp3) is 0.714. The molecule has 0 saturated heterocycles. The number of ether oxygens (including phenoxy) is 2. The predicted molar refractivity (Wildman–Crippen MR) is 83.3 cm³/mol. The van der Waals surface area contributed by atoms with E-state index in [0.29, 0.717) is 11.0 Å². The first kappa shape index (κ1) is 20.8. The summed E-state index contributed by atoms with van der Waals surface area (Å²) in [6.45, 7) is 1.75. The molecule has 0 radical (unpaired) electrons. The number of likely N-dealkylation sites (N-methyl/N-ethyl adjacent to an activating group) is 2. The van der Waals surface area contributed by atoms with Crippen LogP contribution >= 0.6 is 0 Å². The van der Waals surface area contributed by atoms with Crippen LogP contribution in [0.15, 0.2) is 0 Å². The van der Waals surface area contributed by atoms with Gasteiger partial charge in [-0.25, -0.2) is 4.79 Å². The summed E-state index contributed by atoms with van der Waals surface area (Å²) in [6.07, 6.45) is -0.685. The summed E-state index contributed by atoms with van der Waals surface area (Å²) in [5.74, 6) is -2.33. The molecule has 9 heteroatoms. The monoisotopic (exact) mass is 331 g/mol. The third-order valence-corrected chi connectivity index (χ3v) is 2.74. The number of guanidine groups is 1. The molecule has 1 atom stereocenters. The van der Waals surface area contributed by atoms with Crippen molar-refractivity contribution in [3.05, 3.63) is 0 Å². The quantitative estimate of drug-likeness (QED) is 0.198. The van der Waals surface area contributed by atoms with E-state index in [9.17, 15) is 14.4 Å². The third-order valence-electron chi connectivity index (χ3n) is 2.74. The van der Waals surface area contributed by atoms with Gasteiger partial charge < -0.3 is 24.6 Å². The summed E-state index contributed by atoms with van der Waals surface area (Å²) >= 11 is 0. The average molecular weight is 331 g/mol. The van der Waals surface area contributed by atoms with Crippen molar-refractivity contribution in [2.45, 2.75) is 25.9 Å². The topological polar surface area (TPSA) is 123 Å². The molecule has 0 amide bonds. The molecule has 0 saturated carbocycles. The van der Waals surface area contributed by atoms with Crippen LogP contribution in [0.3, 0.4) is 0 Å². The van der Waals surface area contributed by atoms with Gasteiger partial charge in [-0.15, -0.1) is 0 Å². The lowest BCUT2D eigenvalue weighted by atomic mass is 10.2. The van der Waals surface area contributed by atoms with Gasteiger partial charge >= 0.3 is 17.9 Å². The van der Waals surface area contributed by atoms with Crippen molar-refractivity contribution >= 4 is 23.9 Å². The maximum atomic E-state index is 11.8. The Morgan fingerprint density at radius 2 is 1.74 bits per heavy atom. The summed E-state index contributed by atoms with van der Waals surface area (Å²) in [4.78, 5) is 36.0. The lowest BCUT2D eigenvalue weighted by molar-refractivity contribution is -0.873. The van der Waals surface area contributed by atoms with Gasteiger partial charge in [0.15, 0.2) is 12.1 Å². The number of nitrogens with zero attached hydrogens (tertiary/aromatic N) is 2. The van der Waals surface area contributed by atoms with Crippen LogP contribution in [0.4, 0.5) is 0 Å². The Labute approximate surface area is 136 Å². The van der Waals surface area contributed by atoms with E-state index >= 15 is 0 Å². The van der Waals surface area contributed by atoms with Crippen molar-refractivity contribution in [2.24, 2.45) is 5.73 Å². The fourth-order valence-electron chi connectivity index (χ4n) is 1.69. The highest BCUT2D eigenvalue weighted by Crippen LogP contribution is 2.08. The Morgan fingerprint density at radius 1 is 1.17 bits per heavy atom. The van der Waals surface area contributed by atoms with Gasteiger partial charge in [-0.3, -0.25) is 15.0 Å². The first-order valence-electron chi connectivity index (χ1n) is 7.23. The van der Waals surface area contributed by atoms with Crippen molar-refractivity contribution in [3.63, 3.8) is 0 Å². The minimum Gasteiger partial charge on any atom is -0.456 e. The van der Waals surface area contributed by atoms with Gasteiger partial charge in [-0.05, 0) is 0 Å². The number of quaternary nitrogens is 1. The zero-order chi connectivity index (χ0) is 18.2. The summed E-state index contributed by atoms with van der Waals surface area (Å²) in [5.41, 5.74) is 5.19. The van der Waals surface area contributed by atoms with E-state index in [0.717, 1.165) is 4.90 Å². The molecule has 0 aromatic heterocycles. The SMILES string of the molecule is CCC(=O)O[C@H](CC(=O)OC(=O)CN(C)C(=N)N)C[N+](C)(C)C. The lowest BCUT2D eigenvalue weighted by Crippen LogP contribution is -2.44. The average Bonchev–Trinajstić information content (AvgIpc) is 2.35. The highest BCUT2D eigenvalue weighted by Gasteiger charge is 2.26. The maximum Gasteiger partial charge on any atom is 0.333 e. The molecule has 0 aliphatic carbocycles. The fourth-order valence-corrected chi connectivity index (χ4v) is 1.69. The molecule has 0 aliphatic heterocycles. The molecule has 0 aromatic rings. The normalized spacial score (nSPS) is 12.2. The van der Waals surface area contributed by atoms with Gasteiger partial charge in [0.1, 0.15) is 13.1 Å². The van der Waals surface area contributed by atoms with E-state index in [1.165, 1.54) is 7.05 Å². The van der Waals surface area contributed by atoms with Crippen molar-refractivity contribution < 1.29 is 28.3 Å². The Kier molecular flexibility index (Phi) is 8.23. The van der Waals surface area contributed by atoms with Crippen LogP contribution in [0.1, 0.15) is 19.8 Å². The summed E-state index contributed by atoms with van der Waals surface area (Å²) in [5, 5.41) is 7.14. The van der Waals surface area contributed by atoms with E-state index in [1.807, 2.05) is 21.1 Å². The molecule has 9 nitrogen and oxygen atoms in total. The second kappa shape index (κ2) is 9.09. The van der Waals surface area contributed by atoms with Crippen molar-refractivity contribution in [1.82, 2.24) is 4.90 Å². The number of rotatable bonds is 8. The Morgan fingerprint density at radius 3 is 2.17 bits per heavy atom. The molecule has 132 valence electrons. The molecule has 0 fully saturated rings. The number of hydrogen-bond donors (Lipinski definition) is 2. The predicted octanol–water partition coefficient (Wildman–Crippen LogP) is -0.700. The molecular formula is C14H27N4O5+. The first-order chi connectivity index (χ1) is 10.4. The Bertz CT molecular complexity index is 459. The number of hydrogen-bond acceptors (Lipinski definition) is 6. The largest absolute Gasteiger partial charge is 0.456 e. The second-order valence-electron chi connectivity index (χ2n) is 6.23. The van der Waals surface area contributed by atoms with Crippen molar-refractivity contribution in [3.8, 4) is 0 Å². The van der Waals surface area contributed by atoms with Crippen LogP contribution in [-0.4, -0.2) is 80.6 Å². The third kappa shape index (κ3) is 10.2. The second-order valence-corrected chi connectivity index (χ2v) is 6.23. The molecule has 0 rings (SSSR count). The number of nitrogens with one attached hydrogen (secondary N) is 1. The number of carbonyl (C=O) groups excluding carboxylic acids is 3. The molecule has 0 heterocycles. The van der Waals surface area contributed by atoms with Crippen LogP contribution in [0.25, 0.3) is 0 Å². The van der Waals surface area contributed by atoms with Crippen LogP contribution in [0.5, 0.6) is 0 Å². The van der Waals surface area contributed by atoms with E-state index in [4.69, 9.17) is 15.9 Å².